The SMILES string of the molecule is CN(CC1CCN(CCc2cccc(F)c2)CC1)C(=O)c1ccccc1. The van der Waals surface area contributed by atoms with Gasteiger partial charge in [0.25, 0.3) is 5.91 Å². The highest BCUT2D eigenvalue weighted by Gasteiger charge is 2.22. The van der Waals surface area contributed by atoms with E-state index in [0.29, 0.717) is 5.92 Å². The molecule has 2 aromatic rings. The van der Waals surface area contributed by atoms with Gasteiger partial charge in [-0.25, -0.2) is 4.39 Å². The van der Waals surface area contributed by atoms with E-state index in [4.69, 9.17) is 0 Å². The number of amides is 1. The van der Waals surface area contributed by atoms with Crippen LogP contribution in [0.5, 0.6) is 0 Å². The zero-order chi connectivity index (χ0) is 18.4. The summed E-state index contributed by atoms with van der Waals surface area (Å²) in [5.74, 6) is 0.490. The highest BCUT2D eigenvalue weighted by atomic mass is 19.1. The van der Waals surface area contributed by atoms with E-state index in [-0.39, 0.29) is 11.7 Å². The van der Waals surface area contributed by atoms with E-state index in [1.165, 1.54) is 6.07 Å². The fourth-order valence-electron chi connectivity index (χ4n) is 3.64. The lowest BCUT2D eigenvalue weighted by Crippen LogP contribution is -2.40. The molecule has 0 aromatic heterocycles. The van der Waals surface area contributed by atoms with Crippen LogP contribution in [0.15, 0.2) is 54.6 Å². The Morgan fingerprint density at radius 1 is 1.12 bits per heavy atom. The van der Waals surface area contributed by atoms with Gasteiger partial charge in [-0.2, -0.15) is 0 Å². The van der Waals surface area contributed by atoms with Crippen molar-refractivity contribution in [2.24, 2.45) is 5.92 Å². The average Bonchev–Trinajstić information content (AvgIpc) is 2.67. The van der Waals surface area contributed by atoms with Crippen molar-refractivity contribution in [3.63, 3.8) is 0 Å². The Bertz CT molecular complexity index is 711. The van der Waals surface area contributed by atoms with Crippen LogP contribution in [-0.2, 0) is 6.42 Å². The van der Waals surface area contributed by atoms with Crippen LogP contribution in [0.4, 0.5) is 4.39 Å². The molecule has 0 radical (unpaired) electrons. The molecule has 0 N–H and O–H groups in total. The Kier molecular flexibility index (Phi) is 6.40. The number of rotatable bonds is 6. The largest absolute Gasteiger partial charge is 0.341 e. The van der Waals surface area contributed by atoms with Gasteiger partial charge in [0.15, 0.2) is 0 Å². The molecule has 1 aliphatic rings. The second kappa shape index (κ2) is 8.95. The van der Waals surface area contributed by atoms with E-state index in [2.05, 4.69) is 4.90 Å². The van der Waals surface area contributed by atoms with Gasteiger partial charge >= 0.3 is 0 Å². The van der Waals surface area contributed by atoms with Crippen LogP contribution in [0.25, 0.3) is 0 Å². The van der Waals surface area contributed by atoms with Crippen LogP contribution < -0.4 is 0 Å². The molecule has 1 aliphatic heterocycles. The summed E-state index contributed by atoms with van der Waals surface area (Å²) in [4.78, 5) is 16.7. The first-order chi connectivity index (χ1) is 12.6. The summed E-state index contributed by atoms with van der Waals surface area (Å²) >= 11 is 0. The highest BCUT2D eigenvalue weighted by molar-refractivity contribution is 5.93. The summed E-state index contributed by atoms with van der Waals surface area (Å²) in [6, 6.07) is 16.3. The molecular formula is C22H27FN2O. The smallest absolute Gasteiger partial charge is 0.253 e. The van der Waals surface area contributed by atoms with Gasteiger partial charge in [0.2, 0.25) is 0 Å². The lowest BCUT2D eigenvalue weighted by atomic mass is 9.95. The molecule has 1 amide bonds. The van der Waals surface area contributed by atoms with E-state index >= 15 is 0 Å². The number of hydrogen-bond donors (Lipinski definition) is 0. The Hall–Kier alpha value is -2.20. The average molecular weight is 354 g/mol. The quantitative estimate of drug-likeness (QED) is 0.787. The number of hydrogen-bond acceptors (Lipinski definition) is 2. The standard InChI is InChI=1S/C22H27FN2O/c1-24(22(26)20-7-3-2-4-8-20)17-19-11-14-25(15-12-19)13-10-18-6-5-9-21(23)16-18/h2-9,16,19H,10-15,17H2,1H3. The lowest BCUT2D eigenvalue weighted by Gasteiger charge is -2.34. The van der Waals surface area contributed by atoms with E-state index in [9.17, 15) is 9.18 Å². The second-order valence-corrected chi connectivity index (χ2v) is 7.22. The van der Waals surface area contributed by atoms with Gasteiger partial charge in [0.05, 0.1) is 0 Å². The molecule has 0 atom stereocenters. The van der Waals surface area contributed by atoms with Gasteiger partial charge in [-0.15, -0.1) is 0 Å². The van der Waals surface area contributed by atoms with Crippen LogP contribution in [0, 0.1) is 11.7 Å². The van der Waals surface area contributed by atoms with Gasteiger partial charge in [-0.1, -0.05) is 30.3 Å². The van der Waals surface area contributed by atoms with Crippen molar-refractivity contribution in [1.29, 1.82) is 0 Å². The van der Waals surface area contributed by atoms with Crippen molar-refractivity contribution < 1.29 is 9.18 Å². The predicted octanol–water partition coefficient (Wildman–Crippen LogP) is 3.85. The van der Waals surface area contributed by atoms with Gasteiger partial charge in [0, 0.05) is 25.7 Å². The molecule has 0 saturated carbocycles. The van der Waals surface area contributed by atoms with E-state index in [0.717, 1.165) is 56.6 Å². The van der Waals surface area contributed by atoms with E-state index in [1.807, 2.05) is 48.3 Å². The zero-order valence-electron chi connectivity index (χ0n) is 15.4. The Morgan fingerprint density at radius 3 is 2.54 bits per heavy atom. The number of halogens is 1. The molecule has 1 saturated heterocycles. The Labute approximate surface area is 155 Å². The summed E-state index contributed by atoms with van der Waals surface area (Å²) in [7, 11) is 1.89. The zero-order valence-corrected chi connectivity index (χ0v) is 15.4. The molecule has 2 aromatic carbocycles. The van der Waals surface area contributed by atoms with Crippen molar-refractivity contribution in [3.05, 3.63) is 71.5 Å². The number of piperidine rings is 1. The number of benzene rings is 2. The maximum Gasteiger partial charge on any atom is 0.253 e. The molecule has 0 unspecified atom stereocenters. The molecular weight excluding hydrogens is 327 g/mol. The summed E-state index contributed by atoms with van der Waals surface area (Å²) in [6.45, 7) is 3.88. The van der Waals surface area contributed by atoms with E-state index < -0.39 is 0 Å². The normalized spacial score (nSPS) is 15.8. The molecule has 26 heavy (non-hydrogen) atoms. The lowest BCUT2D eigenvalue weighted by molar-refractivity contribution is 0.0740. The molecule has 3 rings (SSSR count). The van der Waals surface area contributed by atoms with Crippen LogP contribution in [-0.4, -0.2) is 48.9 Å². The molecule has 1 heterocycles. The number of nitrogens with zero attached hydrogens (tertiary/aromatic N) is 2. The van der Waals surface area contributed by atoms with Crippen molar-refractivity contribution in [2.45, 2.75) is 19.3 Å². The van der Waals surface area contributed by atoms with Crippen molar-refractivity contribution in [2.75, 3.05) is 33.2 Å². The summed E-state index contributed by atoms with van der Waals surface area (Å²) < 4.78 is 13.2. The summed E-state index contributed by atoms with van der Waals surface area (Å²) in [5.41, 5.74) is 1.81. The molecule has 3 nitrogen and oxygen atoms in total. The minimum absolute atomic E-state index is 0.0964. The predicted molar refractivity (Wildman–Crippen MR) is 103 cm³/mol. The second-order valence-electron chi connectivity index (χ2n) is 7.22. The van der Waals surface area contributed by atoms with Crippen molar-refractivity contribution >= 4 is 5.91 Å². The van der Waals surface area contributed by atoms with Crippen LogP contribution >= 0.6 is 0 Å². The highest BCUT2D eigenvalue weighted by Crippen LogP contribution is 2.19. The minimum Gasteiger partial charge on any atom is -0.341 e. The van der Waals surface area contributed by atoms with Crippen LogP contribution in [0.1, 0.15) is 28.8 Å². The number of carbonyl (C=O) groups excluding carboxylic acids is 1. The first-order valence-electron chi connectivity index (χ1n) is 9.39. The maximum atomic E-state index is 13.2. The third-order valence-corrected chi connectivity index (χ3v) is 5.21. The van der Waals surface area contributed by atoms with Gasteiger partial charge < -0.3 is 9.80 Å². The number of likely N-dealkylation sites (tertiary alicyclic amines) is 1. The fourth-order valence-corrected chi connectivity index (χ4v) is 3.64. The minimum atomic E-state index is -0.160. The van der Waals surface area contributed by atoms with Crippen LogP contribution in [0.3, 0.4) is 0 Å². The third-order valence-electron chi connectivity index (χ3n) is 5.21. The first-order valence-corrected chi connectivity index (χ1v) is 9.39. The molecule has 138 valence electrons. The molecule has 1 fully saturated rings. The third kappa shape index (κ3) is 5.15. The van der Waals surface area contributed by atoms with Crippen molar-refractivity contribution in [1.82, 2.24) is 9.80 Å². The molecule has 0 bridgehead atoms. The summed E-state index contributed by atoms with van der Waals surface area (Å²) in [5, 5.41) is 0. The van der Waals surface area contributed by atoms with Gasteiger partial charge in [-0.3, -0.25) is 4.79 Å². The first kappa shape index (κ1) is 18.6. The monoisotopic (exact) mass is 354 g/mol. The topological polar surface area (TPSA) is 23.6 Å². The Balaban J connectivity index is 1.41. The molecule has 4 heteroatoms. The maximum absolute atomic E-state index is 13.2. The van der Waals surface area contributed by atoms with Crippen molar-refractivity contribution in [3.8, 4) is 0 Å². The number of carbonyl (C=O) groups is 1. The van der Waals surface area contributed by atoms with E-state index in [1.54, 1.807) is 12.1 Å². The van der Waals surface area contributed by atoms with Gasteiger partial charge in [0.1, 0.15) is 5.82 Å². The molecule has 0 aliphatic carbocycles. The Morgan fingerprint density at radius 2 is 1.85 bits per heavy atom. The molecule has 0 spiro atoms. The van der Waals surface area contributed by atoms with Crippen LogP contribution in [0.2, 0.25) is 0 Å². The van der Waals surface area contributed by atoms with Gasteiger partial charge in [-0.05, 0) is 68.1 Å². The summed E-state index contributed by atoms with van der Waals surface area (Å²) in [6.07, 6.45) is 3.10. The fraction of sp³-hybridized carbons (Fsp3) is 0.409.